The minimum Gasteiger partial charge on any atom is -0.483 e. The molecule has 0 spiro atoms. The van der Waals surface area contributed by atoms with E-state index in [-0.39, 0.29) is 42.6 Å². The molecule has 0 radical (unpaired) electrons. The number of amides is 3. The molecule has 3 amide bonds. The number of nitrogens with two attached hydrogens (primary N) is 1. The van der Waals surface area contributed by atoms with Gasteiger partial charge >= 0.3 is 0 Å². The lowest BCUT2D eigenvalue weighted by Gasteiger charge is -2.38. The van der Waals surface area contributed by atoms with Crippen LogP contribution in [0.1, 0.15) is 68.0 Å². The van der Waals surface area contributed by atoms with Gasteiger partial charge in [-0.3, -0.25) is 28.5 Å². The number of imidazole rings is 2. The van der Waals surface area contributed by atoms with Crippen LogP contribution in [0.5, 0.6) is 0 Å². The summed E-state index contributed by atoms with van der Waals surface area (Å²) < 4.78 is 30.4. The molecule has 6 N–H and O–H groups in total. The second kappa shape index (κ2) is 21.5. The zero-order chi connectivity index (χ0) is 50.2. The number of likely N-dealkylation sites (tertiary alicyclic amines) is 2. The molecule has 4 aromatic carbocycles. The Balaban J connectivity index is 0.000000196. The fraction of sp³-hybridized carbons (Fsp3) is 0.280. The number of piperidine rings is 2. The standard InChI is InChI=1S/C25H24FN5O3.C24H26FN5O3.CH2O2/c1-17-2-4-18(5-3-17)22-27-14-21-24(33)30(16-28-31(21)22)15-25(34)10-12-29(13-11-25)23(32)19-6-8-20(26)9-7-19;1-16-2-4-17(5-3-16)21-27-14-20(30(21)26)22(31)28-15-24(33)10-12-29(13-11-24)23(32)18-6-8-19(25)9-7-18;2-1-3/h2-9,14,16,34H,10-13,15H2,1H3;2-9,14,33H,10-13,15,26H2,1H3,(H,28,31);1H,(H,2,3). The zero-order valence-corrected chi connectivity index (χ0v) is 38.4. The Morgan fingerprint density at radius 3 is 1.63 bits per heavy atom. The number of nitrogen functional groups attached to an aromatic ring is 1. The van der Waals surface area contributed by atoms with Crippen LogP contribution in [0, 0.1) is 25.5 Å². The van der Waals surface area contributed by atoms with Crippen LogP contribution in [0.3, 0.4) is 0 Å². The molecule has 2 fully saturated rings. The van der Waals surface area contributed by atoms with Gasteiger partial charge in [0, 0.05) is 55.0 Å². The Morgan fingerprint density at radius 1 is 0.700 bits per heavy atom. The number of benzene rings is 4. The summed E-state index contributed by atoms with van der Waals surface area (Å²) in [6.45, 7) is 5.14. The maximum atomic E-state index is 13.1. The highest BCUT2D eigenvalue weighted by Gasteiger charge is 2.36. The third-order valence-corrected chi connectivity index (χ3v) is 12.4. The van der Waals surface area contributed by atoms with Crippen molar-refractivity contribution in [2.45, 2.75) is 57.3 Å². The molecule has 70 heavy (non-hydrogen) atoms. The van der Waals surface area contributed by atoms with E-state index < -0.39 is 28.7 Å². The summed E-state index contributed by atoms with van der Waals surface area (Å²) in [5, 5.41) is 36.1. The van der Waals surface area contributed by atoms with Crippen LogP contribution in [0.4, 0.5) is 8.78 Å². The Hall–Kier alpha value is -8.10. The first kappa shape index (κ1) is 49.8. The number of rotatable bonds is 9. The van der Waals surface area contributed by atoms with Gasteiger partial charge in [-0.2, -0.15) is 5.10 Å². The molecule has 0 unspecified atom stereocenters. The lowest BCUT2D eigenvalue weighted by Crippen LogP contribution is -2.52. The highest BCUT2D eigenvalue weighted by molar-refractivity contribution is 5.95. The summed E-state index contributed by atoms with van der Waals surface area (Å²) in [6, 6.07) is 26.2. The first-order valence-corrected chi connectivity index (χ1v) is 22.3. The van der Waals surface area contributed by atoms with Crippen molar-refractivity contribution in [3.8, 4) is 22.8 Å². The zero-order valence-electron chi connectivity index (χ0n) is 38.4. The quantitative estimate of drug-likeness (QED) is 0.0994. The summed E-state index contributed by atoms with van der Waals surface area (Å²) in [4.78, 5) is 71.3. The number of carbonyl (C=O) groups excluding carboxylic acids is 3. The molecule has 2 aliphatic rings. The van der Waals surface area contributed by atoms with E-state index in [9.17, 15) is 38.2 Å². The summed E-state index contributed by atoms with van der Waals surface area (Å²) in [5.74, 6) is 5.48. The minimum atomic E-state index is -1.15. The third-order valence-electron chi connectivity index (χ3n) is 12.4. The second-order valence-corrected chi connectivity index (χ2v) is 17.3. The number of aryl methyl sites for hydroxylation is 2. The van der Waals surface area contributed by atoms with Gasteiger partial charge in [0.1, 0.15) is 23.7 Å². The van der Waals surface area contributed by atoms with Crippen LogP contribution < -0.4 is 16.7 Å². The van der Waals surface area contributed by atoms with Crippen molar-refractivity contribution in [1.29, 1.82) is 0 Å². The number of nitrogens with one attached hydrogen (secondary N) is 1. The topological polar surface area (TPSA) is 244 Å². The predicted octanol–water partition coefficient (Wildman–Crippen LogP) is 4.48. The number of carbonyl (C=O) groups is 4. The number of hydrogen-bond acceptors (Lipinski definition) is 11. The van der Waals surface area contributed by atoms with Crippen molar-refractivity contribution < 1.29 is 43.3 Å². The molecule has 5 heterocycles. The molecule has 3 aromatic heterocycles. The van der Waals surface area contributed by atoms with Crippen LogP contribution >= 0.6 is 0 Å². The van der Waals surface area contributed by atoms with Crippen molar-refractivity contribution in [1.82, 2.24) is 43.9 Å². The van der Waals surface area contributed by atoms with Gasteiger partial charge in [0.2, 0.25) is 0 Å². The molecule has 20 heteroatoms. The van der Waals surface area contributed by atoms with Crippen molar-refractivity contribution >= 4 is 29.7 Å². The fourth-order valence-electron chi connectivity index (χ4n) is 8.17. The number of aliphatic hydroxyl groups is 2. The molecule has 0 atom stereocenters. The van der Waals surface area contributed by atoms with E-state index in [0.717, 1.165) is 22.3 Å². The van der Waals surface area contributed by atoms with Gasteiger partial charge in [-0.25, -0.2) is 27.9 Å². The van der Waals surface area contributed by atoms with Gasteiger partial charge in [0.25, 0.3) is 29.8 Å². The molecule has 9 rings (SSSR count). The van der Waals surface area contributed by atoms with Crippen LogP contribution in [-0.2, 0) is 11.3 Å². The molecule has 2 aliphatic heterocycles. The number of fused-ring (bicyclic) bond motifs is 1. The second-order valence-electron chi connectivity index (χ2n) is 17.3. The summed E-state index contributed by atoms with van der Waals surface area (Å²) in [6.07, 6.45) is 5.54. The van der Waals surface area contributed by atoms with E-state index in [2.05, 4.69) is 20.4 Å². The summed E-state index contributed by atoms with van der Waals surface area (Å²) >= 11 is 0. The third kappa shape index (κ3) is 11.6. The molecular weight excluding hydrogens is 907 g/mol. The van der Waals surface area contributed by atoms with Gasteiger partial charge in [0.05, 0.1) is 30.1 Å². The Morgan fingerprint density at radius 2 is 1.14 bits per heavy atom. The molecular formula is C50H52F2N10O8. The van der Waals surface area contributed by atoms with Crippen molar-refractivity contribution in [2.75, 3.05) is 38.6 Å². The number of nitrogens with zero attached hydrogens (tertiary/aromatic N) is 8. The monoisotopic (exact) mass is 958 g/mol. The van der Waals surface area contributed by atoms with Crippen LogP contribution in [-0.4, -0.2) is 122 Å². The minimum absolute atomic E-state index is 0.0233. The van der Waals surface area contributed by atoms with E-state index in [0.29, 0.717) is 80.2 Å². The average Bonchev–Trinajstić information content (AvgIpc) is 3.97. The highest BCUT2D eigenvalue weighted by Crippen LogP contribution is 2.27. The highest BCUT2D eigenvalue weighted by atomic mass is 19.1. The first-order chi connectivity index (χ1) is 33.5. The Labute approximate surface area is 400 Å². The summed E-state index contributed by atoms with van der Waals surface area (Å²) in [5.41, 5.74) is 2.59. The van der Waals surface area contributed by atoms with Crippen molar-refractivity contribution in [3.63, 3.8) is 0 Å². The molecule has 7 aromatic rings. The maximum absolute atomic E-state index is 13.1. The average molecular weight is 959 g/mol. The van der Waals surface area contributed by atoms with Gasteiger partial charge in [-0.05, 0) is 88.1 Å². The van der Waals surface area contributed by atoms with Crippen molar-refractivity contribution in [3.05, 3.63) is 166 Å². The van der Waals surface area contributed by atoms with E-state index in [1.54, 1.807) is 9.80 Å². The largest absolute Gasteiger partial charge is 0.483 e. The van der Waals surface area contributed by atoms with Crippen molar-refractivity contribution in [2.24, 2.45) is 0 Å². The number of halogens is 2. The number of hydrogen-bond donors (Lipinski definition) is 5. The van der Waals surface area contributed by atoms with Gasteiger partial charge in [-0.1, -0.05) is 59.7 Å². The van der Waals surface area contributed by atoms with Crippen LogP contribution in [0.2, 0.25) is 0 Å². The molecule has 364 valence electrons. The predicted molar refractivity (Wildman–Crippen MR) is 254 cm³/mol. The summed E-state index contributed by atoms with van der Waals surface area (Å²) in [7, 11) is 0. The van der Waals surface area contributed by atoms with E-state index in [1.165, 1.54) is 81.0 Å². The van der Waals surface area contributed by atoms with Gasteiger partial charge in [0.15, 0.2) is 17.2 Å². The van der Waals surface area contributed by atoms with Crippen LogP contribution in [0.25, 0.3) is 28.3 Å². The maximum Gasteiger partial charge on any atom is 0.290 e. The Bertz CT molecular complexity index is 3010. The smallest absolute Gasteiger partial charge is 0.290 e. The van der Waals surface area contributed by atoms with E-state index >= 15 is 0 Å². The lowest BCUT2D eigenvalue weighted by molar-refractivity contribution is -0.122. The molecule has 0 bridgehead atoms. The number of aromatic nitrogens is 6. The normalized spacial score (nSPS) is 14.9. The molecule has 0 saturated carbocycles. The van der Waals surface area contributed by atoms with Crippen LogP contribution in [0.15, 0.2) is 121 Å². The lowest BCUT2D eigenvalue weighted by atomic mass is 9.91. The molecule has 18 nitrogen and oxygen atoms in total. The Kier molecular flexibility index (Phi) is 15.3. The molecule has 2 saturated heterocycles. The van der Waals surface area contributed by atoms with E-state index in [4.69, 9.17) is 15.7 Å². The number of carboxylic acid groups (broad SMARTS) is 1. The first-order valence-electron chi connectivity index (χ1n) is 22.3. The van der Waals surface area contributed by atoms with E-state index in [1.807, 2.05) is 62.4 Å². The fourth-order valence-corrected chi connectivity index (χ4v) is 8.17. The SMILES string of the molecule is Cc1ccc(-c2ncc(C(=O)NCC3(O)CCN(C(=O)c4ccc(F)cc4)CC3)n2N)cc1.Cc1ccc(-c2ncc3c(=O)n(CC4(O)CCN(C(=O)c5ccc(F)cc5)CC4)cnn23)cc1.O=CO. The van der Waals surface area contributed by atoms with Gasteiger partial charge < -0.3 is 36.3 Å². The molecule has 0 aliphatic carbocycles. The van der Waals surface area contributed by atoms with Gasteiger partial charge in [-0.15, -0.1) is 0 Å².